The van der Waals surface area contributed by atoms with E-state index in [-0.39, 0.29) is 23.6 Å². The molecule has 0 aromatic heterocycles. The molecule has 2 aliphatic rings. The minimum absolute atomic E-state index is 0.00327. The number of nitro groups is 1. The van der Waals surface area contributed by atoms with Crippen LogP contribution < -0.4 is 0 Å². The first-order valence-electron chi connectivity index (χ1n) is 8.42. The van der Waals surface area contributed by atoms with E-state index in [1.807, 2.05) is 0 Å². The molecule has 1 unspecified atom stereocenters. The van der Waals surface area contributed by atoms with Gasteiger partial charge in [-0.05, 0) is 31.9 Å². The normalized spacial score (nSPS) is 20.6. The second-order valence-corrected chi connectivity index (χ2v) is 6.38. The maximum Gasteiger partial charge on any atom is 0.272 e. The summed E-state index contributed by atoms with van der Waals surface area (Å²) in [6, 6.07) is 4.39. The summed E-state index contributed by atoms with van der Waals surface area (Å²) in [5.74, 6) is -0.155. The van der Waals surface area contributed by atoms with Gasteiger partial charge >= 0.3 is 0 Å². The molecule has 8 heteroatoms. The summed E-state index contributed by atoms with van der Waals surface area (Å²) in [6.07, 6.45) is 1.34. The molecular formula is C17H21N3O5. The van der Waals surface area contributed by atoms with Gasteiger partial charge in [0, 0.05) is 50.0 Å². The molecule has 134 valence electrons. The highest BCUT2D eigenvalue weighted by Gasteiger charge is 2.31. The molecule has 2 saturated heterocycles. The van der Waals surface area contributed by atoms with Crippen LogP contribution in [0.3, 0.4) is 0 Å². The van der Waals surface area contributed by atoms with Crippen molar-refractivity contribution in [3.05, 3.63) is 39.4 Å². The molecule has 3 rings (SSSR count). The third-order valence-corrected chi connectivity index (χ3v) is 4.72. The first-order chi connectivity index (χ1) is 12.0. The van der Waals surface area contributed by atoms with Crippen LogP contribution >= 0.6 is 0 Å². The third-order valence-electron chi connectivity index (χ3n) is 4.72. The van der Waals surface area contributed by atoms with E-state index in [1.54, 1.807) is 22.8 Å². The van der Waals surface area contributed by atoms with E-state index in [4.69, 9.17) is 4.74 Å². The Morgan fingerprint density at radius 3 is 2.44 bits per heavy atom. The SMILES string of the molecule is Cc1cc(C(=O)N2CCN(C(=O)C3CCCO3)CC2)ccc1[N+](=O)[O-]. The van der Waals surface area contributed by atoms with Crippen LogP contribution in [-0.4, -0.2) is 65.4 Å². The zero-order valence-electron chi connectivity index (χ0n) is 14.1. The number of carbonyl (C=O) groups is 2. The quantitative estimate of drug-likeness (QED) is 0.608. The van der Waals surface area contributed by atoms with Crippen LogP contribution in [0.4, 0.5) is 5.69 Å². The van der Waals surface area contributed by atoms with Crippen LogP contribution in [0.5, 0.6) is 0 Å². The summed E-state index contributed by atoms with van der Waals surface area (Å²) in [7, 11) is 0. The highest BCUT2D eigenvalue weighted by molar-refractivity contribution is 5.95. The van der Waals surface area contributed by atoms with E-state index in [0.29, 0.717) is 43.9 Å². The Morgan fingerprint density at radius 2 is 1.88 bits per heavy atom. The summed E-state index contributed by atoms with van der Waals surface area (Å²) in [4.78, 5) is 38.8. The Morgan fingerprint density at radius 1 is 1.20 bits per heavy atom. The topological polar surface area (TPSA) is 93.0 Å². The lowest BCUT2D eigenvalue weighted by Gasteiger charge is -2.35. The van der Waals surface area contributed by atoms with Gasteiger partial charge in [0.25, 0.3) is 17.5 Å². The van der Waals surface area contributed by atoms with Crippen LogP contribution in [0.1, 0.15) is 28.8 Å². The van der Waals surface area contributed by atoms with Crippen molar-refractivity contribution in [3.63, 3.8) is 0 Å². The minimum Gasteiger partial charge on any atom is -0.368 e. The lowest BCUT2D eigenvalue weighted by Crippen LogP contribution is -2.52. The van der Waals surface area contributed by atoms with Gasteiger partial charge in [0.1, 0.15) is 6.10 Å². The second-order valence-electron chi connectivity index (χ2n) is 6.38. The lowest BCUT2D eigenvalue weighted by atomic mass is 10.1. The van der Waals surface area contributed by atoms with Crippen molar-refractivity contribution >= 4 is 17.5 Å². The molecule has 1 atom stereocenters. The van der Waals surface area contributed by atoms with Crippen LogP contribution in [-0.2, 0) is 9.53 Å². The molecule has 0 aliphatic carbocycles. The van der Waals surface area contributed by atoms with Crippen molar-refractivity contribution in [2.24, 2.45) is 0 Å². The fraction of sp³-hybridized carbons (Fsp3) is 0.529. The molecule has 2 aliphatic heterocycles. The van der Waals surface area contributed by atoms with Gasteiger partial charge in [-0.15, -0.1) is 0 Å². The first-order valence-corrected chi connectivity index (χ1v) is 8.42. The second kappa shape index (κ2) is 7.18. The maximum absolute atomic E-state index is 12.6. The average molecular weight is 347 g/mol. The number of nitrogens with zero attached hydrogens (tertiary/aromatic N) is 3. The van der Waals surface area contributed by atoms with Gasteiger partial charge in [0.2, 0.25) is 0 Å². The van der Waals surface area contributed by atoms with Gasteiger partial charge in [-0.2, -0.15) is 0 Å². The van der Waals surface area contributed by atoms with E-state index in [0.717, 1.165) is 12.8 Å². The molecule has 2 heterocycles. The van der Waals surface area contributed by atoms with E-state index in [2.05, 4.69) is 0 Å². The highest BCUT2D eigenvalue weighted by Crippen LogP contribution is 2.21. The predicted octanol–water partition coefficient (Wildman–Crippen LogP) is 1.37. The summed E-state index contributed by atoms with van der Waals surface area (Å²) < 4.78 is 5.43. The smallest absolute Gasteiger partial charge is 0.272 e. The van der Waals surface area contributed by atoms with Crippen molar-refractivity contribution < 1.29 is 19.2 Å². The Hall–Kier alpha value is -2.48. The van der Waals surface area contributed by atoms with E-state index < -0.39 is 4.92 Å². The Balaban J connectivity index is 1.60. The van der Waals surface area contributed by atoms with Crippen molar-refractivity contribution in [1.82, 2.24) is 9.80 Å². The number of aryl methyl sites for hydroxylation is 1. The number of hydrogen-bond acceptors (Lipinski definition) is 5. The van der Waals surface area contributed by atoms with Gasteiger partial charge in [-0.3, -0.25) is 19.7 Å². The van der Waals surface area contributed by atoms with E-state index >= 15 is 0 Å². The largest absolute Gasteiger partial charge is 0.368 e. The van der Waals surface area contributed by atoms with Crippen molar-refractivity contribution in [2.45, 2.75) is 25.9 Å². The lowest BCUT2D eigenvalue weighted by molar-refractivity contribution is -0.385. The fourth-order valence-electron chi connectivity index (χ4n) is 3.28. The highest BCUT2D eigenvalue weighted by atomic mass is 16.6. The number of amides is 2. The van der Waals surface area contributed by atoms with Gasteiger partial charge < -0.3 is 14.5 Å². The zero-order chi connectivity index (χ0) is 18.0. The Bertz CT molecular complexity index is 692. The summed E-state index contributed by atoms with van der Waals surface area (Å²) >= 11 is 0. The molecule has 25 heavy (non-hydrogen) atoms. The van der Waals surface area contributed by atoms with Crippen molar-refractivity contribution in [2.75, 3.05) is 32.8 Å². The standard InChI is InChI=1S/C17H21N3O5/c1-12-11-13(4-5-14(12)20(23)24)16(21)18-6-8-19(9-7-18)17(22)15-3-2-10-25-15/h4-5,11,15H,2-3,6-10H2,1H3. The number of nitro benzene ring substituents is 1. The zero-order valence-corrected chi connectivity index (χ0v) is 14.1. The number of ether oxygens (including phenoxy) is 1. The number of benzene rings is 1. The fourth-order valence-corrected chi connectivity index (χ4v) is 3.28. The van der Waals surface area contributed by atoms with Crippen LogP contribution in [0.2, 0.25) is 0 Å². The molecule has 0 bridgehead atoms. The van der Waals surface area contributed by atoms with Crippen molar-refractivity contribution in [1.29, 1.82) is 0 Å². The molecule has 8 nitrogen and oxygen atoms in total. The molecule has 2 amide bonds. The molecule has 1 aromatic rings. The predicted molar refractivity (Wildman–Crippen MR) is 89.3 cm³/mol. The number of piperazine rings is 1. The number of hydrogen-bond donors (Lipinski definition) is 0. The average Bonchev–Trinajstić information content (AvgIpc) is 3.15. The van der Waals surface area contributed by atoms with Crippen LogP contribution in [0.25, 0.3) is 0 Å². The Kier molecular flexibility index (Phi) is 4.98. The van der Waals surface area contributed by atoms with Crippen LogP contribution in [0, 0.1) is 17.0 Å². The summed E-state index contributed by atoms with van der Waals surface area (Å²) in [5, 5.41) is 10.9. The number of rotatable bonds is 3. The molecule has 1 aromatic carbocycles. The minimum atomic E-state index is -0.459. The number of carbonyl (C=O) groups excluding carboxylic acids is 2. The third kappa shape index (κ3) is 3.63. The first kappa shape index (κ1) is 17.3. The van der Waals surface area contributed by atoms with Crippen LogP contribution in [0.15, 0.2) is 18.2 Å². The maximum atomic E-state index is 12.6. The van der Waals surface area contributed by atoms with E-state index in [1.165, 1.54) is 12.1 Å². The molecule has 0 radical (unpaired) electrons. The summed E-state index contributed by atoms with van der Waals surface area (Å²) in [5.41, 5.74) is 0.897. The molecule has 0 N–H and O–H groups in total. The summed E-state index contributed by atoms with van der Waals surface area (Å²) in [6.45, 7) is 4.12. The Labute approximate surface area is 145 Å². The van der Waals surface area contributed by atoms with E-state index in [9.17, 15) is 19.7 Å². The molecular weight excluding hydrogens is 326 g/mol. The van der Waals surface area contributed by atoms with Gasteiger partial charge in [-0.25, -0.2) is 0 Å². The van der Waals surface area contributed by atoms with Crippen molar-refractivity contribution in [3.8, 4) is 0 Å². The van der Waals surface area contributed by atoms with Gasteiger partial charge in [0.05, 0.1) is 4.92 Å². The molecule has 0 saturated carbocycles. The monoisotopic (exact) mass is 347 g/mol. The van der Waals surface area contributed by atoms with Gasteiger partial charge in [0.15, 0.2) is 0 Å². The molecule has 0 spiro atoms. The molecule has 2 fully saturated rings. The van der Waals surface area contributed by atoms with Gasteiger partial charge in [-0.1, -0.05) is 0 Å².